The van der Waals surface area contributed by atoms with Crippen molar-refractivity contribution in [3.05, 3.63) is 6.42 Å². The van der Waals surface area contributed by atoms with E-state index in [1.54, 1.807) is 0 Å². The van der Waals surface area contributed by atoms with Crippen LogP contribution in [0.3, 0.4) is 0 Å². The van der Waals surface area contributed by atoms with Crippen molar-refractivity contribution in [2.75, 3.05) is 78.0 Å². The fourth-order valence-electron chi connectivity index (χ4n) is 1.000. The summed E-state index contributed by atoms with van der Waals surface area (Å²) in [5.41, 5.74) is 2.49. The van der Waals surface area contributed by atoms with Gasteiger partial charge in [0.05, 0.1) is 32.7 Å². The van der Waals surface area contributed by atoms with Crippen molar-refractivity contribution in [3.63, 3.8) is 0 Å². The Morgan fingerprint density at radius 1 is 0.667 bits per heavy atom. The Bertz CT molecular complexity index is 243. The molecule has 0 amide bonds. The van der Waals surface area contributed by atoms with Crippen molar-refractivity contribution in [2.24, 2.45) is 0 Å². The van der Waals surface area contributed by atoms with Gasteiger partial charge in [0, 0.05) is 53.3 Å². The third-order valence-electron chi connectivity index (χ3n) is 2.62. The Kier molecular flexibility index (Phi) is 34.0. The van der Waals surface area contributed by atoms with Gasteiger partial charge >= 0.3 is 33.1 Å². The van der Waals surface area contributed by atoms with E-state index in [2.05, 4.69) is 91.3 Å². The van der Waals surface area contributed by atoms with E-state index in [9.17, 15) is 0 Å². The van der Waals surface area contributed by atoms with E-state index in [0.29, 0.717) is 0 Å². The van der Waals surface area contributed by atoms with Gasteiger partial charge in [-0.05, 0) is 31.7 Å². The second-order valence-electron chi connectivity index (χ2n) is 8.20. The second-order valence-corrected chi connectivity index (χ2v) is 24.6. The third-order valence-corrected chi connectivity index (χ3v) is 9.37. The molecule has 0 bridgehead atoms. The first-order valence-corrected chi connectivity index (χ1v) is 26.7. The maximum absolute atomic E-state index is 6.67. The van der Waals surface area contributed by atoms with Crippen molar-refractivity contribution < 1.29 is 12.8 Å². The van der Waals surface area contributed by atoms with Crippen molar-refractivity contribution in [2.45, 2.75) is 19.6 Å². The summed E-state index contributed by atoms with van der Waals surface area (Å²) in [7, 11) is -0.832. The fraction of sp³-hybridized carbons (Fsp3) is 0.882. The van der Waals surface area contributed by atoms with Crippen LogP contribution in [0.2, 0.25) is 19.6 Å². The molecule has 0 heterocycles. The predicted molar refractivity (Wildman–Crippen MR) is 145 cm³/mol. The molecule has 147 valence electrons. The first-order valence-electron chi connectivity index (χ1n) is 8.56. The molecular weight excluding hydrogens is 538 g/mol. The Labute approximate surface area is 181 Å². The van der Waals surface area contributed by atoms with Crippen LogP contribution in [0.1, 0.15) is 0 Å². The summed E-state index contributed by atoms with van der Waals surface area (Å²) in [4.78, 5) is 0. The molecule has 0 aliphatic heterocycles. The Morgan fingerprint density at radius 3 is 0.833 bits per heavy atom. The number of rotatable bonds is 6. The molecule has 0 radical (unpaired) electrons. The van der Waals surface area contributed by atoms with E-state index in [1.807, 2.05) is 20.3 Å². The zero-order chi connectivity index (χ0) is 20.3. The van der Waals surface area contributed by atoms with E-state index in [-0.39, 0.29) is 31.7 Å². The molecule has 7 heteroatoms. The second kappa shape index (κ2) is 23.8. The summed E-state index contributed by atoms with van der Waals surface area (Å²) >= 11 is 4.87. The van der Waals surface area contributed by atoms with E-state index in [4.69, 9.17) is 6.42 Å². The van der Waals surface area contributed by atoms with E-state index in [0.717, 1.165) is 0 Å². The first-order chi connectivity index (χ1) is 10.8. The molecule has 0 atom stereocenters. The molecule has 0 aromatic rings. The van der Waals surface area contributed by atoms with Gasteiger partial charge in [0.2, 0.25) is 0 Å². The zero-order valence-corrected chi connectivity index (χ0v) is 26.4. The van der Waals surface area contributed by atoms with Gasteiger partial charge < -0.3 is 12.0 Å². The topological polar surface area (TPSA) is 0 Å². The number of hydrogen-bond acceptors (Lipinski definition) is 0. The SMILES string of the molecule is C[PH+](C)CC[PH+](C)C.C[PH+](C)CC[PH+](C)C.[C-]#C[Si](C)(C)C.[Mn+][I]. The van der Waals surface area contributed by atoms with Gasteiger partial charge in [0.1, 0.15) is 0 Å². The first kappa shape index (κ1) is 34.3. The molecule has 0 aromatic carbocycles. The summed E-state index contributed by atoms with van der Waals surface area (Å²) in [6, 6.07) is 0. The van der Waals surface area contributed by atoms with Crippen LogP contribution in [-0.4, -0.2) is 86.0 Å². The fourth-order valence-corrected chi connectivity index (χ4v) is 9.00. The molecule has 0 nitrogen and oxygen atoms in total. The van der Waals surface area contributed by atoms with Crippen LogP contribution >= 0.6 is 52.0 Å². The minimum absolute atomic E-state index is 0.0957. The van der Waals surface area contributed by atoms with Crippen molar-refractivity contribution >= 4 is 60.1 Å². The van der Waals surface area contributed by atoms with Crippen LogP contribution in [0.15, 0.2) is 0 Å². The summed E-state index contributed by atoms with van der Waals surface area (Å²) in [5.74, 6) is 0. The van der Waals surface area contributed by atoms with Gasteiger partial charge in [-0.1, -0.05) is 19.6 Å². The van der Waals surface area contributed by atoms with Crippen molar-refractivity contribution in [1.82, 2.24) is 0 Å². The average molecular weight is 583 g/mol. The molecular formula is C17H45IMnP4Si+4. The average Bonchev–Trinajstić information content (AvgIpc) is 2.45. The minimum atomic E-state index is -1.21. The van der Waals surface area contributed by atoms with Gasteiger partial charge in [0.25, 0.3) is 0 Å². The van der Waals surface area contributed by atoms with Crippen molar-refractivity contribution in [3.8, 4) is 5.54 Å². The summed E-state index contributed by atoms with van der Waals surface area (Å²) in [6.45, 7) is 25.4. The van der Waals surface area contributed by atoms with Gasteiger partial charge in [-0.2, -0.15) is 0 Å². The van der Waals surface area contributed by atoms with Crippen LogP contribution in [0.5, 0.6) is 0 Å². The monoisotopic (exact) mass is 583 g/mol. The summed E-state index contributed by atoms with van der Waals surface area (Å²) in [6.07, 6.45) is 12.8. The molecule has 0 fully saturated rings. The number of halogens is 1. The molecule has 0 unspecified atom stereocenters. The molecule has 0 aliphatic rings. The predicted octanol–water partition coefficient (Wildman–Crippen LogP) is 6.20. The zero-order valence-electron chi connectivity index (χ0n) is 18.1. The standard InChI is InChI=1S/2C6H16P2.C5H9Si.HI.Mn/c2*1-7(2)5-6-8(3)4;1-5-6(2,3)4;;/h2*5-6H2,1-4H3;2-4H3;1H;/q;;-1;;+2/p+3. The molecule has 24 heavy (non-hydrogen) atoms. The Balaban J connectivity index is -0.000000120. The van der Waals surface area contributed by atoms with E-state index in [1.165, 1.54) is 24.6 Å². The Hall–Kier alpha value is 2.75. The Morgan fingerprint density at radius 2 is 0.792 bits per heavy atom. The molecule has 0 aliphatic carbocycles. The van der Waals surface area contributed by atoms with Gasteiger partial charge in [-0.15, -0.1) is 0 Å². The van der Waals surface area contributed by atoms with Gasteiger partial charge in [-0.25, -0.2) is 0 Å². The van der Waals surface area contributed by atoms with Crippen LogP contribution in [0.4, 0.5) is 0 Å². The van der Waals surface area contributed by atoms with Crippen LogP contribution in [0, 0.1) is 12.0 Å². The van der Waals surface area contributed by atoms with Gasteiger partial charge in [0.15, 0.2) is 0 Å². The molecule has 0 N–H and O–H groups in total. The van der Waals surface area contributed by atoms with Gasteiger partial charge in [-0.3, -0.25) is 0 Å². The van der Waals surface area contributed by atoms with E-state index < -0.39 is 8.07 Å². The molecule has 0 spiro atoms. The molecule has 0 rings (SSSR count). The van der Waals surface area contributed by atoms with Crippen LogP contribution in [0.25, 0.3) is 0 Å². The van der Waals surface area contributed by atoms with Crippen LogP contribution in [-0.2, 0) is 12.8 Å². The summed E-state index contributed by atoms with van der Waals surface area (Å²) in [5, 5.41) is 0. The van der Waals surface area contributed by atoms with E-state index >= 15 is 0 Å². The number of hydrogen-bond donors (Lipinski definition) is 0. The third kappa shape index (κ3) is 56.3. The van der Waals surface area contributed by atoms with Crippen molar-refractivity contribution in [1.29, 1.82) is 0 Å². The molecule has 0 saturated carbocycles. The normalized spacial score (nSPS) is 10.3. The quantitative estimate of drug-likeness (QED) is 0.115. The van der Waals surface area contributed by atoms with Crippen LogP contribution < -0.4 is 0 Å². The maximum atomic E-state index is 6.67. The molecule has 0 aromatic heterocycles. The molecule has 0 saturated heterocycles. The summed E-state index contributed by atoms with van der Waals surface area (Å²) < 4.78 is 0.